The van der Waals surface area contributed by atoms with E-state index in [1.54, 1.807) is 13.0 Å². The van der Waals surface area contributed by atoms with E-state index < -0.39 is 6.16 Å². The van der Waals surface area contributed by atoms with Gasteiger partial charge in [-0.05, 0) is 18.6 Å². The second kappa shape index (κ2) is 5.18. The molecule has 0 aliphatic carbocycles. The molecule has 1 aromatic heterocycles. The van der Waals surface area contributed by atoms with Crippen molar-refractivity contribution in [2.24, 2.45) is 0 Å². The monoisotopic (exact) mass is 197 g/mol. The van der Waals surface area contributed by atoms with Crippen molar-refractivity contribution < 1.29 is 19.4 Å². The lowest BCUT2D eigenvalue weighted by molar-refractivity contribution is 0.102. The van der Waals surface area contributed by atoms with E-state index in [9.17, 15) is 4.79 Å². The third-order valence-corrected chi connectivity index (χ3v) is 1.43. The summed E-state index contributed by atoms with van der Waals surface area (Å²) >= 11 is 0. The Balaban J connectivity index is 2.62. The average Bonchev–Trinajstić information content (AvgIpc) is 2.18. The standard InChI is InChI=1S/C9H11NO4/c1-2-13-9(12)14-8-5-7(6-11)3-4-10-8/h3-5,11H,2,6H2,1H3. The summed E-state index contributed by atoms with van der Waals surface area (Å²) in [6.07, 6.45) is 0.648. The molecule has 0 aliphatic heterocycles. The van der Waals surface area contributed by atoms with Crippen LogP contribution in [-0.2, 0) is 11.3 Å². The molecule has 0 radical (unpaired) electrons. The molecule has 0 atom stereocenters. The van der Waals surface area contributed by atoms with Crippen LogP contribution in [-0.4, -0.2) is 22.9 Å². The van der Waals surface area contributed by atoms with Gasteiger partial charge in [0.25, 0.3) is 0 Å². The van der Waals surface area contributed by atoms with Crippen molar-refractivity contribution in [2.45, 2.75) is 13.5 Å². The Morgan fingerprint density at radius 1 is 1.64 bits per heavy atom. The molecule has 0 aliphatic rings. The molecule has 0 aromatic carbocycles. The number of carbonyl (C=O) groups is 1. The lowest BCUT2D eigenvalue weighted by atomic mass is 10.3. The van der Waals surface area contributed by atoms with Crippen molar-refractivity contribution in [3.05, 3.63) is 23.9 Å². The summed E-state index contributed by atoms with van der Waals surface area (Å²) in [5, 5.41) is 8.80. The van der Waals surface area contributed by atoms with E-state index in [4.69, 9.17) is 9.84 Å². The minimum atomic E-state index is -0.796. The van der Waals surface area contributed by atoms with Crippen LogP contribution in [0.1, 0.15) is 12.5 Å². The molecule has 0 unspecified atom stereocenters. The quantitative estimate of drug-likeness (QED) is 0.735. The summed E-state index contributed by atoms with van der Waals surface area (Å²) in [6.45, 7) is 1.80. The van der Waals surface area contributed by atoms with E-state index in [1.807, 2.05) is 0 Å². The first-order valence-corrected chi connectivity index (χ1v) is 4.16. The zero-order valence-electron chi connectivity index (χ0n) is 7.77. The Kier molecular flexibility index (Phi) is 3.87. The van der Waals surface area contributed by atoms with Crippen LogP contribution in [0.2, 0.25) is 0 Å². The fourth-order valence-corrected chi connectivity index (χ4v) is 0.837. The van der Waals surface area contributed by atoms with Gasteiger partial charge in [0.05, 0.1) is 13.2 Å². The van der Waals surface area contributed by atoms with E-state index >= 15 is 0 Å². The molecule has 14 heavy (non-hydrogen) atoms. The Labute approximate surface area is 81.3 Å². The second-order valence-electron chi connectivity index (χ2n) is 2.45. The molecule has 1 aromatic rings. The van der Waals surface area contributed by atoms with Gasteiger partial charge in [0.1, 0.15) is 0 Å². The van der Waals surface area contributed by atoms with Crippen molar-refractivity contribution in [1.29, 1.82) is 0 Å². The summed E-state index contributed by atoms with van der Waals surface area (Å²) < 4.78 is 9.27. The van der Waals surface area contributed by atoms with E-state index in [2.05, 4.69) is 9.72 Å². The number of pyridine rings is 1. The van der Waals surface area contributed by atoms with E-state index in [-0.39, 0.29) is 19.1 Å². The molecule has 0 saturated carbocycles. The molecule has 0 saturated heterocycles. The number of carbonyl (C=O) groups excluding carboxylic acids is 1. The maximum Gasteiger partial charge on any atom is 0.515 e. The van der Waals surface area contributed by atoms with Crippen LogP contribution in [0.15, 0.2) is 18.3 Å². The molecule has 76 valence electrons. The third kappa shape index (κ3) is 3.02. The highest BCUT2D eigenvalue weighted by Crippen LogP contribution is 2.09. The first-order chi connectivity index (χ1) is 6.76. The van der Waals surface area contributed by atoms with Gasteiger partial charge in [-0.3, -0.25) is 0 Å². The minimum Gasteiger partial charge on any atom is -0.434 e. The van der Waals surface area contributed by atoms with Gasteiger partial charge < -0.3 is 14.6 Å². The first kappa shape index (κ1) is 10.5. The first-order valence-electron chi connectivity index (χ1n) is 4.16. The van der Waals surface area contributed by atoms with Crippen LogP contribution in [0.3, 0.4) is 0 Å². The Morgan fingerprint density at radius 3 is 3.07 bits per heavy atom. The van der Waals surface area contributed by atoms with Crippen molar-refractivity contribution in [3.8, 4) is 5.88 Å². The summed E-state index contributed by atoms with van der Waals surface area (Å²) in [5.74, 6) is 0.120. The van der Waals surface area contributed by atoms with Gasteiger partial charge in [-0.25, -0.2) is 9.78 Å². The molecule has 1 heterocycles. The molecule has 0 fully saturated rings. The number of nitrogens with zero attached hydrogens (tertiary/aromatic N) is 1. The molecule has 0 spiro atoms. The molecule has 1 N–H and O–H groups in total. The van der Waals surface area contributed by atoms with Crippen LogP contribution in [0.4, 0.5) is 4.79 Å². The van der Waals surface area contributed by atoms with Crippen LogP contribution < -0.4 is 4.74 Å². The highest BCUT2D eigenvalue weighted by molar-refractivity contribution is 5.63. The Bertz CT molecular complexity index is 313. The molecule has 0 bridgehead atoms. The molecule has 5 nitrogen and oxygen atoms in total. The van der Waals surface area contributed by atoms with Gasteiger partial charge in [-0.1, -0.05) is 0 Å². The lowest BCUT2D eigenvalue weighted by Crippen LogP contribution is -2.11. The van der Waals surface area contributed by atoms with Crippen LogP contribution in [0.5, 0.6) is 5.88 Å². The maximum atomic E-state index is 10.9. The number of hydrogen-bond acceptors (Lipinski definition) is 5. The second-order valence-corrected chi connectivity index (χ2v) is 2.45. The molecular formula is C9H11NO4. The van der Waals surface area contributed by atoms with Crippen molar-refractivity contribution in [2.75, 3.05) is 6.61 Å². The number of aliphatic hydroxyl groups excluding tert-OH is 1. The van der Waals surface area contributed by atoms with Crippen molar-refractivity contribution >= 4 is 6.16 Å². The van der Waals surface area contributed by atoms with Gasteiger partial charge in [0.15, 0.2) is 0 Å². The molecule has 5 heteroatoms. The molecular weight excluding hydrogens is 186 g/mol. The number of aromatic nitrogens is 1. The predicted molar refractivity (Wildman–Crippen MR) is 47.8 cm³/mol. The van der Waals surface area contributed by atoms with Crippen LogP contribution in [0, 0.1) is 0 Å². The van der Waals surface area contributed by atoms with E-state index in [0.717, 1.165) is 0 Å². The SMILES string of the molecule is CCOC(=O)Oc1cc(CO)ccn1. The topological polar surface area (TPSA) is 68.7 Å². The normalized spacial score (nSPS) is 9.57. The number of hydrogen-bond donors (Lipinski definition) is 1. The van der Waals surface area contributed by atoms with Gasteiger partial charge in [-0.15, -0.1) is 0 Å². The fourth-order valence-electron chi connectivity index (χ4n) is 0.837. The fraction of sp³-hybridized carbons (Fsp3) is 0.333. The summed E-state index contributed by atoms with van der Waals surface area (Å²) in [6, 6.07) is 3.09. The number of rotatable bonds is 3. The summed E-state index contributed by atoms with van der Waals surface area (Å²) in [7, 11) is 0. The lowest BCUT2D eigenvalue weighted by Gasteiger charge is -2.03. The highest BCUT2D eigenvalue weighted by Gasteiger charge is 2.05. The molecule has 0 amide bonds. The van der Waals surface area contributed by atoms with Gasteiger partial charge in [0, 0.05) is 12.3 Å². The average molecular weight is 197 g/mol. The van der Waals surface area contributed by atoms with Crippen LogP contribution >= 0.6 is 0 Å². The van der Waals surface area contributed by atoms with Gasteiger partial charge in [0.2, 0.25) is 5.88 Å². The van der Waals surface area contributed by atoms with E-state index in [1.165, 1.54) is 12.3 Å². The zero-order valence-corrected chi connectivity index (χ0v) is 7.77. The van der Waals surface area contributed by atoms with Crippen molar-refractivity contribution in [3.63, 3.8) is 0 Å². The van der Waals surface area contributed by atoms with Gasteiger partial charge in [-0.2, -0.15) is 0 Å². The zero-order chi connectivity index (χ0) is 10.4. The predicted octanol–water partition coefficient (Wildman–Crippen LogP) is 1.11. The summed E-state index contributed by atoms with van der Waals surface area (Å²) in [5.41, 5.74) is 0.624. The van der Waals surface area contributed by atoms with Gasteiger partial charge >= 0.3 is 6.16 Å². The summed E-state index contributed by atoms with van der Waals surface area (Å²) in [4.78, 5) is 14.6. The van der Waals surface area contributed by atoms with E-state index in [0.29, 0.717) is 5.56 Å². The minimum absolute atomic E-state index is 0.120. The van der Waals surface area contributed by atoms with Crippen LogP contribution in [0.25, 0.3) is 0 Å². The smallest absolute Gasteiger partial charge is 0.434 e. The Morgan fingerprint density at radius 2 is 2.43 bits per heavy atom. The Hall–Kier alpha value is -1.62. The highest BCUT2D eigenvalue weighted by atomic mass is 16.7. The maximum absolute atomic E-state index is 10.9. The van der Waals surface area contributed by atoms with Crippen molar-refractivity contribution in [1.82, 2.24) is 4.98 Å². The number of aliphatic hydroxyl groups is 1. The third-order valence-electron chi connectivity index (χ3n) is 1.43. The molecule has 1 rings (SSSR count). The number of ether oxygens (including phenoxy) is 2. The largest absolute Gasteiger partial charge is 0.515 e.